The van der Waals surface area contributed by atoms with Gasteiger partial charge in [0.25, 0.3) is 0 Å². The Morgan fingerprint density at radius 3 is 2.61 bits per heavy atom. The highest BCUT2D eigenvalue weighted by molar-refractivity contribution is 7.09. The zero-order valence-corrected chi connectivity index (χ0v) is 24.1. The summed E-state index contributed by atoms with van der Waals surface area (Å²) in [5.41, 5.74) is 6.37. The quantitative estimate of drug-likeness (QED) is 0.282. The largest absolute Gasteiger partial charge is 0.507 e. The van der Waals surface area contributed by atoms with Gasteiger partial charge in [0.05, 0.1) is 43.4 Å². The molecular weight excluding hydrogens is 536 g/mol. The van der Waals surface area contributed by atoms with Crippen molar-refractivity contribution in [1.82, 2.24) is 9.88 Å². The highest BCUT2D eigenvalue weighted by Crippen LogP contribution is 2.50. The minimum Gasteiger partial charge on any atom is -0.507 e. The first kappa shape index (κ1) is 27.6. The average molecular weight is 571 g/mol. The molecule has 2 aromatic heterocycles. The number of amides is 2. The summed E-state index contributed by atoms with van der Waals surface area (Å²) in [4.78, 5) is 33.9. The normalized spacial score (nSPS) is 24.3. The van der Waals surface area contributed by atoms with Crippen LogP contribution in [-0.4, -0.2) is 51.2 Å². The van der Waals surface area contributed by atoms with Gasteiger partial charge in [-0.05, 0) is 108 Å². The molecule has 4 heterocycles. The Hall–Kier alpha value is -3.59. The number of hydrogen-bond acceptors (Lipinski definition) is 7. The molecule has 212 valence electrons. The van der Waals surface area contributed by atoms with Crippen molar-refractivity contribution in [3.8, 4) is 5.75 Å². The summed E-state index contributed by atoms with van der Waals surface area (Å²) >= 11 is 1.54. The van der Waals surface area contributed by atoms with Crippen LogP contribution in [0.15, 0.2) is 65.2 Å². The lowest BCUT2D eigenvalue weighted by molar-refractivity contribution is -0.140. The zero-order valence-electron chi connectivity index (χ0n) is 23.2. The van der Waals surface area contributed by atoms with E-state index in [1.807, 2.05) is 61.7 Å². The number of thiophene rings is 1. The van der Waals surface area contributed by atoms with Crippen molar-refractivity contribution in [1.29, 1.82) is 0 Å². The van der Waals surface area contributed by atoms with Gasteiger partial charge in [-0.2, -0.15) is 0 Å². The van der Waals surface area contributed by atoms with Gasteiger partial charge in [0.2, 0.25) is 11.8 Å². The number of allylic oxidation sites excluding steroid dienone is 1. The minimum atomic E-state index is -0.439. The van der Waals surface area contributed by atoms with Crippen molar-refractivity contribution in [3.63, 3.8) is 0 Å². The van der Waals surface area contributed by atoms with Gasteiger partial charge in [0.15, 0.2) is 0 Å². The molecule has 2 amide bonds. The van der Waals surface area contributed by atoms with Crippen molar-refractivity contribution in [2.45, 2.75) is 45.8 Å². The second kappa shape index (κ2) is 11.4. The summed E-state index contributed by atoms with van der Waals surface area (Å²) in [6, 6.07) is 13.6. The van der Waals surface area contributed by atoms with Gasteiger partial charge in [-0.15, -0.1) is 11.3 Å². The van der Waals surface area contributed by atoms with Crippen LogP contribution in [0.1, 0.15) is 46.5 Å². The van der Waals surface area contributed by atoms with Crippen LogP contribution in [0.4, 0.5) is 0 Å². The van der Waals surface area contributed by atoms with Crippen LogP contribution in [0, 0.1) is 31.6 Å². The topological polar surface area (TPSA) is 100.0 Å². The van der Waals surface area contributed by atoms with E-state index in [4.69, 9.17) is 4.74 Å². The van der Waals surface area contributed by atoms with Gasteiger partial charge in [0.1, 0.15) is 5.75 Å². The monoisotopic (exact) mass is 570 g/mol. The SMILES string of the molecule is Cc1cc(/C=C(/CC[C@H]2OC[C@H]3C2=C(CO)C[C@H]2C(=O)N(Cc4cccs4)C(=O)[C@H]23)c2ccccn2)cc(C)c1O. The first-order valence-electron chi connectivity index (χ1n) is 14.1. The molecular formula is C33H34N2O5S. The molecule has 6 rings (SSSR count). The number of nitrogens with zero attached hydrogens (tertiary/aromatic N) is 2. The molecule has 1 aliphatic carbocycles. The number of aliphatic hydroxyl groups excluding tert-OH is 1. The summed E-state index contributed by atoms with van der Waals surface area (Å²) in [6.45, 7) is 4.31. The predicted octanol–water partition coefficient (Wildman–Crippen LogP) is 5.30. The number of benzene rings is 1. The first-order chi connectivity index (χ1) is 19.9. The Labute approximate surface area is 243 Å². The van der Waals surface area contributed by atoms with Crippen molar-refractivity contribution in [3.05, 3.63) is 92.4 Å². The fraction of sp³-hybridized carbons (Fsp3) is 0.364. The van der Waals surface area contributed by atoms with Gasteiger partial charge in [-0.3, -0.25) is 19.5 Å². The maximum Gasteiger partial charge on any atom is 0.234 e. The third-order valence-electron chi connectivity index (χ3n) is 8.71. The maximum absolute atomic E-state index is 13.6. The van der Waals surface area contributed by atoms with Crippen molar-refractivity contribution in [2.75, 3.05) is 13.2 Å². The van der Waals surface area contributed by atoms with E-state index in [1.54, 1.807) is 6.20 Å². The molecule has 41 heavy (non-hydrogen) atoms. The number of carbonyl (C=O) groups is 2. The highest BCUT2D eigenvalue weighted by Gasteiger charge is 2.56. The Kier molecular flexibility index (Phi) is 7.64. The zero-order chi connectivity index (χ0) is 28.7. The molecule has 2 aliphatic heterocycles. The number of aromatic nitrogens is 1. The van der Waals surface area contributed by atoms with E-state index in [9.17, 15) is 19.8 Å². The van der Waals surface area contributed by atoms with Gasteiger partial charge in [-0.1, -0.05) is 12.1 Å². The van der Waals surface area contributed by atoms with E-state index in [1.165, 1.54) is 16.2 Å². The van der Waals surface area contributed by atoms with Gasteiger partial charge in [-0.25, -0.2) is 0 Å². The van der Waals surface area contributed by atoms with Crippen molar-refractivity contribution >= 4 is 34.8 Å². The summed E-state index contributed by atoms with van der Waals surface area (Å²) in [5.74, 6) is -1.03. The van der Waals surface area contributed by atoms with E-state index in [0.717, 1.165) is 44.0 Å². The summed E-state index contributed by atoms with van der Waals surface area (Å²) in [5, 5.41) is 22.6. The van der Waals surface area contributed by atoms with E-state index >= 15 is 0 Å². The predicted molar refractivity (Wildman–Crippen MR) is 158 cm³/mol. The molecule has 8 heteroatoms. The van der Waals surface area contributed by atoms with Crippen LogP contribution in [0.2, 0.25) is 0 Å². The highest BCUT2D eigenvalue weighted by atomic mass is 32.1. The van der Waals surface area contributed by atoms with Crippen LogP contribution in [0.5, 0.6) is 5.75 Å². The van der Waals surface area contributed by atoms with Crippen LogP contribution < -0.4 is 0 Å². The van der Waals surface area contributed by atoms with E-state index in [0.29, 0.717) is 38.2 Å². The molecule has 2 N–H and O–H groups in total. The second-order valence-electron chi connectivity index (χ2n) is 11.3. The van der Waals surface area contributed by atoms with Crippen LogP contribution in [0.3, 0.4) is 0 Å². The standard InChI is InChI=1S/C33H34N2O5S/c1-19-12-21(13-20(2)31(19)37)14-22(27-7-3-4-10-34-27)8-9-28-29-23(17-36)15-25-30(26(29)18-40-28)33(39)35(32(25)38)16-24-6-5-11-41-24/h3-7,10-14,25-26,28,30,36-37H,8-9,15-18H2,1-2H3/b22-14-/t25-,26+,28-,30-/m1/s1. The number of ether oxygens (including phenoxy) is 1. The van der Waals surface area contributed by atoms with Gasteiger partial charge in [0, 0.05) is 17.0 Å². The molecule has 0 saturated carbocycles. The maximum atomic E-state index is 13.6. The third-order valence-corrected chi connectivity index (χ3v) is 9.57. The number of hydrogen-bond donors (Lipinski definition) is 2. The number of fused-ring (bicyclic) bond motifs is 3. The molecule has 0 unspecified atom stereocenters. The second-order valence-corrected chi connectivity index (χ2v) is 12.3. The lowest BCUT2D eigenvalue weighted by atomic mass is 9.69. The number of imide groups is 1. The van der Waals surface area contributed by atoms with E-state index < -0.39 is 11.8 Å². The van der Waals surface area contributed by atoms with E-state index in [2.05, 4.69) is 11.1 Å². The molecule has 1 aromatic carbocycles. The minimum absolute atomic E-state index is 0.121. The molecule has 0 spiro atoms. The lowest BCUT2D eigenvalue weighted by Gasteiger charge is -2.31. The smallest absolute Gasteiger partial charge is 0.234 e. The molecule has 7 nitrogen and oxygen atoms in total. The number of aromatic hydroxyl groups is 1. The number of pyridine rings is 1. The molecule has 4 atom stereocenters. The Bertz CT molecular complexity index is 1510. The fourth-order valence-electron chi connectivity index (χ4n) is 6.79. The molecule has 3 aromatic rings. The number of phenols is 1. The molecule has 3 aliphatic rings. The Morgan fingerprint density at radius 2 is 1.93 bits per heavy atom. The summed E-state index contributed by atoms with van der Waals surface area (Å²) in [7, 11) is 0. The average Bonchev–Trinajstić information content (AvgIpc) is 3.70. The summed E-state index contributed by atoms with van der Waals surface area (Å²) < 4.78 is 6.33. The Morgan fingerprint density at radius 1 is 1.12 bits per heavy atom. The van der Waals surface area contributed by atoms with Gasteiger partial charge >= 0.3 is 0 Å². The molecule has 0 bridgehead atoms. The lowest BCUT2D eigenvalue weighted by Crippen LogP contribution is -2.34. The van der Waals surface area contributed by atoms with Crippen molar-refractivity contribution in [2.24, 2.45) is 17.8 Å². The number of rotatable bonds is 8. The number of aliphatic hydroxyl groups is 1. The Balaban J connectivity index is 1.26. The summed E-state index contributed by atoms with van der Waals surface area (Å²) in [6.07, 6.45) is 5.36. The molecule has 2 saturated heterocycles. The number of phenolic OH excluding ortho intramolecular Hbond substituents is 1. The van der Waals surface area contributed by atoms with Crippen molar-refractivity contribution < 1.29 is 24.5 Å². The van der Waals surface area contributed by atoms with Crippen LogP contribution in [0.25, 0.3) is 11.6 Å². The fourth-order valence-corrected chi connectivity index (χ4v) is 7.48. The van der Waals surface area contributed by atoms with E-state index in [-0.39, 0.29) is 30.4 Å². The third kappa shape index (κ3) is 5.16. The number of likely N-dealkylation sites (tertiary alicyclic amines) is 1. The van der Waals surface area contributed by atoms with Crippen LogP contribution >= 0.6 is 11.3 Å². The van der Waals surface area contributed by atoms with Gasteiger partial charge < -0.3 is 14.9 Å². The number of carbonyl (C=O) groups excluding carboxylic acids is 2. The molecule has 2 fully saturated rings. The molecule has 0 radical (unpaired) electrons. The first-order valence-corrected chi connectivity index (χ1v) is 15.0. The van der Waals surface area contributed by atoms with Crippen LogP contribution in [-0.2, 0) is 20.9 Å². The number of aryl methyl sites for hydroxylation is 2.